The molecule has 192 valence electrons. The van der Waals surface area contributed by atoms with Gasteiger partial charge >= 0.3 is 0 Å². The molecule has 4 aromatic rings. The third kappa shape index (κ3) is 7.35. The summed E-state index contributed by atoms with van der Waals surface area (Å²) in [5.41, 5.74) is 0. The zero-order valence-corrected chi connectivity index (χ0v) is 23.7. The molecule has 0 saturated heterocycles. The molecule has 4 heteroatoms. The molecule has 1 saturated carbocycles. The van der Waals surface area contributed by atoms with Crippen molar-refractivity contribution in [3.8, 4) is 0 Å². The van der Waals surface area contributed by atoms with E-state index in [9.17, 15) is 0 Å². The SMILES string of the molecule is C(CP(c1ccccc1)c1ccccc1)=N[C@@H]1CCCC[C@H]1N=CCP(c1ccccc1)c1ccccc1. The summed E-state index contributed by atoms with van der Waals surface area (Å²) in [7, 11) is -0.897. The van der Waals surface area contributed by atoms with Crippen LogP contribution in [0.15, 0.2) is 131 Å². The van der Waals surface area contributed by atoms with Crippen LogP contribution in [0.4, 0.5) is 0 Å². The highest BCUT2D eigenvalue weighted by molar-refractivity contribution is 7.74. The molecule has 0 heterocycles. The first-order valence-corrected chi connectivity index (χ1v) is 16.7. The van der Waals surface area contributed by atoms with E-state index in [-0.39, 0.29) is 0 Å². The van der Waals surface area contributed by atoms with Crippen molar-refractivity contribution in [3.63, 3.8) is 0 Å². The minimum atomic E-state index is -0.448. The highest BCUT2D eigenvalue weighted by atomic mass is 31.1. The second kappa shape index (κ2) is 14.3. The molecule has 1 fully saturated rings. The summed E-state index contributed by atoms with van der Waals surface area (Å²) >= 11 is 0. The average Bonchev–Trinajstić information content (AvgIpc) is 3.00. The first-order valence-electron chi connectivity index (χ1n) is 13.7. The molecule has 0 unspecified atom stereocenters. The molecule has 0 amide bonds. The molecule has 0 aromatic heterocycles. The van der Waals surface area contributed by atoms with Gasteiger partial charge in [-0.1, -0.05) is 134 Å². The van der Waals surface area contributed by atoms with Crippen LogP contribution in [0.3, 0.4) is 0 Å². The number of nitrogens with zero attached hydrogens (tertiary/aromatic N) is 2. The normalized spacial score (nSPS) is 18.1. The fourth-order valence-corrected chi connectivity index (χ4v) is 9.20. The van der Waals surface area contributed by atoms with E-state index in [1.165, 1.54) is 34.1 Å². The first-order chi connectivity index (χ1) is 18.9. The average molecular weight is 535 g/mol. The molecule has 4 aromatic carbocycles. The Hall–Kier alpha value is -2.92. The summed E-state index contributed by atoms with van der Waals surface area (Å²) in [5, 5.41) is 5.64. The van der Waals surface area contributed by atoms with E-state index in [1.807, 2.05) is 0 Å². The van der Waals surface area contributed by atoms with E-state index in [2.05, 4.69) is 134 Å². The van der Waals surface area contributed by atoms with Gasteiger partial charge in [-0.05, 0) is 49.9 Å². The highest BCUT2D eigenvalue weighted by Gasteiger charge is 2.23. The number of rotatable bonds is 10. The number of hydrogen-bond donors (Lipinski definition) is 0. The van der Waals surface area contributed by atoms with Crippen molar-refractivity contribution in [2.45, 2.75) is 37.8 Å². The van der Waals surface area contributed by atoms with Crippen LogP contribution in [-0.4, -0.2) is 36.8 Å². The third-order valence-electron chi connectivity index (χ3n) is 7.09. The Bertz CT molecular complexity index is 1100. The lowest BCUT2D eigenvalue weighted by Crippen LogP contribution is -2.27. The molecule has 2 atom stereocenters. The summed E-state index contributed by atoms with van der Waals surface area (Å²) in [5.74, 6) is 0. The molecule has 2 nitrogen and oxygen atoms in total. The summed E-state index contributed by atoms with van der Waals surface area (Å²) in [4.78, 5) is 10.3. The van der Waals surface area contributed by atoms with Crippen molar-refractivity contribution >= 4 is 49.5 Å². The molecule has 0 spiro atoms. The maximum atomic E-state index is 5.15. The van der Waals surface area contributed by atoms with Crippen molar-refractivity contribution in [2.24, 2.45) is 9.98 Å². The lowest BCUT2D eigenvalue weighted by molar-refractivity contribution is 0.390. The third-order valence-corrected chi connectivity index (χ3v) is 11.8. The molecule has 1 aliphatic carbocycles. The van der Waals surface area contributed by atoms with Gasteiger partial charge in [-0.3, -0.25) is 9.98 Å². The molecular weight excluding hydrogens is 498 g/mol. The van der Waals surface area contributed by atoms with Crippen LogP contribution in [0.5, 0.6) is 0 Å². The van der Waals surface area contributed by atoms with Gasteiger partial charge in [-0.25, -0.2) is 0 Å². The minimum absolute atomic E-state index is 0.295. The quantitative estimate of drug-likeness (QED) is 0.160. The summed E-state index contributed by atoms with van der Waals surface area (Å²) in [6.45, 7) is 0. The Labute approximate surface area is 230 Å². The zero-order chi connectivity index (χ0) is 25.8. The second-order valence-corrected chi connectivity index (χ2v) is 14.2. The Morgan fingerprint density at radius 2 is 0.763 bits per heavy atom. The van der Waals surface area contributed by atoms with Crippen LogP contribution >= 0.6 is 15.8 Å². The van der Waals surface area contributed by atoms with Crippen LogP contribution in [0, 0.1) is 0 Å². The van der Waals surface area contributed by atoms with Gasteiger partial charge in [0.2, 0.25) is 0 Å². The van der Waals surface area contributed by atoms with E-state index in [0.717, 1.165) is 25.2 Å². The molecule has 1 aliphatic rings. The van der Waals surface area contributed by atoms with Gasteiger partial charge in [-0.15, -0.1) is 0 Å². The largest absolute Gasteiger partial charge is 0.292 e. The number of benzene rings is 4. The van der Waals surface area contributed by atoms with Crippen molar-refractivity contribution in [1.82, 2.24) is 0 Å². The van der Waals surface area contributed by atoms with Crippen LogP contribution in [0.25, 0.3) is 0 Å². The zero-order valence-electron chi connectivity index (χ0n) is 21.9. The monoisotopic (exact) mass is 534 g/mol. The van der Waals surface area contributed by atoms with Crippen LogP contribution in [0.2, 0.25) is 0 Å². The van der Waals surface area contributed by atoms with Crippen molar-refractivity contribution in [1.29, 1.82) is 0 Å². The maximum absolute atomic E-state index is 5.15. The molecule has 0 radical (unpaired) electrons. The Morgan fingerprint density at radius 1 is 0.474 bits per heavy atom. The smallest absolute Gasteiger partial charge is 0.0719 e. The summed E-state index contributed by atoms with van der Waals surface area (Å²) in [6, 6.07) is 44.3. The lowest BCUT2D eigenvalue weighted by Gasteiger charge is -2.26. The van der Waals surface area contributed by atoms with Gasteiger partial charge in [0.05, 0.1) is 12.1 Å². The van der Waals surface area contributed by atoms with Crippen LogP contribution in [-0.2, 0) is 0 Å². The molecular formula is C34H36N2P2. The van der Waals surface area contributed by atoms with Gasteiger partial charge in [0.1, 0.15) is 0 Å². The molecule has 5 rings (SSSR count). The standard InChI is InChI=1S/C34H36N2P2/c1-5-15-29(16-6-1)37(30-17-7-2-8-18-30)27-25-35-33-23-13-14-24-34(33)36-26-28-38(31-19-9-3-10-20-31)32-21-11-4-12-22-32/h1-12,15-22,25-26,33-34H,13-14,23-24,27-28H2/t33-,34-/m1/s1. The summed E-state index contributed by atoms with van der Waals surface area (Å²) in [6.07, 6.45) is 11.2. The topological polar surface area (TPSA) is 24.7 Å². The first kappa shape index (κ1) is 26.7. The van der Waals surface area contributed by atoms with Gasteiger partial charge in [-0.2, -0.15) is 0 Å². The molecule has 0 bridgehead atoms. The minimum Gasteiger partial charge on any atom is -0.292 e. The van der Waals surface area contributed by atoms with E-state index in [1.54, 1.807) is 0 Å². The van der Waals surface area contributed by atoms with Crippen LogP contribution in [0.1, 0.15) is 25.7 Å². The Morgan fingerprint density at radius 3 is 1.05 bits per heavy atom. The maximum Gasteiger partial charge on any atom is 0.0719 e. The predicted molar refractivity (Wildman–Crippen MR) is 171 cm³/mol. The van der Waals surface area contributed by atoms with Gasteiger partial charge < -0.3 is 0 Å². The van der Waals surface area contributed by atoms with E-state index in [4.69, 9.17) is 9.98 Å². The van der Waals surface area contributed by atoms with Crippen molar-refractivity contribution in [2.75, 3.05) is 12.3 Å². The van der Waals surface area contributed by atoms with E-state index >= 15 is 0 Å². The molecule has 0 aliphatic heterocycles. The predicted octanol–water partition coefficient (Wildman–Crippen LogP) is 6.71. The van der Waals surface area contributed by atoms with Gasteiger partial charge in [0, 0.05) is 24.8 Å². The number of hydrogen-bond acceptors (Lipinski definition) is 2. The van der Waals surface area contributed by atoms with Crippen molar-refractivity contribution < 1.29 is 0 Å². The molecule has 0 N–H and O–H groups in total. The second-order valence-electron chi connectivity index (χ2n) is 9.65. The highest BCUT2D eigenvalue weighted by Crippen LogP contribution is 2.34. The molecule has 38 heavy (non-hydrogen) atoms. The Kier molecular flexibility index (Phi) is 10.0. The fraction of sp³-hybridized carbons (Fsp3) is 0.235. The van der Waals surface area contributed by atoms with Gasteiger partial charge in [0.15, 0.2) is 0 Å². The lowest BCUT2D eigenvalue weighted by atomic mass is 9.91. The van der Waals surface area contributed by atoms with E-state index < -0.39 is 15.8 Å². The number of aliphatic imine (C=N–C) groups is 2. The van der Waals surface area contributed by atoms with Crippen molar-refractivity contribution in [3.05, 3.63) is 121 Å². The summed E-state index contributed by atoms with van der Waals surface area (Å²) < 4.78 is 0. The van der Waals surface area contributed by atoms with E-state index in [0.29, 0.717) is 12.1 Å². The Balaban J connectivity index is 1.27. The van der Waals surface area contributed by atoms with Crippen LogP contribution < -0.4 is 21.2 Å². The van der Waals surface area contributed by atoms with Gasteiger partial charge in [0.25, 0.3) is 0 Å². The fourth-order valence-electron chi connectivity index (χ4n) is 5.12.